The molecule has 0 radical (unpaired) electrons. The van der Waals surface area contributed by atoms with Gasteiger partial charge in [0, 0.05) is 29.4 Å². The lowest BCUT2D eigenvalue weighted by Gasteiger charge is -2.11. The Kier molecular flexibility index (Phi) is 4.38. The molecule has 0 aliphatic carbocycles. The normalized spacial score (nSPS) is 23.7. The van der Waals surface area contributed by atoms with Crippen molar-refractivity contribution in [3.63, 3.8) is 0 Å². The molecular formula is C9H17NO3S. The standard InChI is InChI=1S/C9H17NO3S/c1-8-7-10(9(11)13-8)5-3-4-6-14(2)12/h8H,3-7H2,1-2H3/t8-,14?/m0/s1. The third kappa shape index (κ3) is 3.65. The quantitative estimate of drug-likeness (QED) is 0.648. The molecular weight excluding hydrogens is 202 g/mol. The van der Waals surface area contributed by atoms with Crippen LogP contribution in [0.25, 0.3) is 0 Å². The minimum absolute atomic E-state index is 0.0165. The molecule has 1 heterocycles. The highest BCUT2D eigenvalue weighted by molar-refractivity contribution is 7.84. The number of ether oxygens (including phenoxy) is 1. The van der Waals surface area contributed by atoms with E-state index in [1.54, 1.807) is 11.2 Å². The predicted octanol–water partition coefficient (Wildman–Crippen LogP) is 0.986. The number of cyclic esters (lactones) is 1. The summed E-state index contributed by atoms with van der Waals surface area (Å²) in [5.74, 6) is 0.721. The molecule has 1 saturated heterocycles. The summed E-state index contributed by atoms with van der Waals surface area (Å²) >= 11 is 0. The van der Waals surface area contributed by atoms with Crippen molar-refractivity contribution in [3.8, 4) is 0 Å². The molecule has 5 heteroatoms. The predicted molar refractivity (Wildman–Crippen MR) is 55.7 cm³/mol. The molecule has 0 aromatic rings. The van der Waals surface area contributed by atoms with Crippen molar-refractivity contribution in [2.45, 2.75) is 25.9 Å². The van der Waals surface area contributed by atoms with Gasteiger partial charge in [-0.1, -0.05) is 0 Å². The van der Waals surface area contributed by atoms with Gasteiger partial charge in [0.05, 0.1) is 6.54 Å². The van der Waals surface area contributed by atoms with Gasteiger partial charge in [-0.05, 0) is 19.8 Å². The van der Waals surface area contributed by atoms with Crippen LogP contribution in [-0.2, 0) is 15.5 Å². The highest BCUT2D eigenvalue weighted by Crippen LogP contribution is 2.11. The zero-order chi connectivity index (χ0) is 10.6. The number of hydrogen-bond donors (Lipinski definition) is 0. The van der Waals surface area contributed by atoms with E-state index in [4.69, 9.17) is 4.74 Å². The smallest absolute Gasteiger partial charge is 0.410 e. The fourth-order valence-electron chi connectivity index (χ4n) is 1.46. The lowest BCUT2D eigenvalue weighted by molar-refractivity contribution is 0.138. The second-order valence-corrected chi connectivity index (χ2v) is 5.18. The maximum absolute atomic E-state index is 11.2. The Bertz CT molecular complexity index is 232. The summed E-state index contributed by atoms with van der Waals surface area (Å²) in [7, 11) is -0.719. The minimum atomic E-state index is -0.719. The van der Waals surface area contributed by atoms with E-state index in [0.717, 1.165) is 25.1 Å². The summed E-state index contributed by atoms with van der Waals surface area (Å²) in [5.41, 5.74) is 0. The third-order valence-corrected chi connectivity index (χ3v) is 3.01. The van der Waals surface area contributed by atoms with Crippen LogP contribution in [0.5, 0.6) is 0 Å². The van der Waals surface area contributed by atoms with E-state index >= 15 is 0 Å². The first-order valence-electron chi connectivity index (χ1n) is 4.85. The summed E-state index contributed by atoms with van der Waals surface area (Å²) in [6, 6.07) is 0. The van der Waals surface area contributed by atoms with Gasteiger partial charge in [0.15, 0.2) is 0 Å². The minimum Gasteiger partial charge on any atom is -0.445 e. The van der Waals surface area contributed by atoms with Crippen molar-refractivity contribution in [3.05, 3.63) is 0 Å². The highest BCUT2D eigenvalue weighted by Gasteiger charge is 2.26. The molecule has 0 bridgehead atoms. The van der Waals surface area contributed by atoms with Gasteiger partial charge in [0.2, 0.25) is 0 Å². The van der Waals surface area contributed by atoms with Crippen molar-refractivity contribution in [2.75, 3.05) is 25.1 Å². The van der Waals surface area contributed by atoms with Crippen LogP contribution < -0.4 is 0 Å². The van der Waals surface area contributed by atoms with Crippen molar-refractivity contribution in [1.82, 2.24) is 4.90 Å². The topological polar surface area (TPSA) is 46.6 Å². The summed E-state index contributed by atoms with van der Waals surface area (Å²) in [6.45, 7) is 3.30. The Balaban J connectivity index is 2.13. The van der Waals surface area contributed by atoms with E-state index < -0.39 is 10.8 Å². The first-order chi connectivity index (χ1) is 6.59. The molecule has 0 aromatic carbocycles. The van der Waals surface area contributed by atoms with Crippen LogP contribution in [0.1, 0.15) is 19.8 Å². The molecule has 0 spiro atoms. The molecule has 1 amide bonds. The van der Waals surface area contributed by atoms with Crippen LogP contribution in [-0.4, -0.2) is 46.4 Å². The lowest BCUT2D eigenvalue weighted by atomic mass is 10.3. The van der Waals surface area contributed by atoms with Gasteiger partial charge < -0.3 is 9.64 Å². The SMILES string of the molecule is C[C@H]1CN(CCCCS(C)=O)C(=O)O1. The molecule has 1 unspecified atom stereocenters. The molecule has 1 aliphatic rings. The number of amides is 1. The van der Waals surface area contributed by atoms with E-state index in [1.807, 2.05) is 6.92 Å². The Morgan fingerprint density at radius 1 is 1.57 bits per heavy atom. The van der Waals surface area contributed by atoms with Crippen molar-refractivity contribution < 1.29 is 13.7 Å². The molecule has 0 N–H and O–H groups in total. The van der Waals surface area contributed by atoms with Gasteiger partial charge in [0.25, 0.3) is 0 Å². The van der Waals surface area contributed by atoms with Crippen molar-refractivity contribution >= 4 is 16.9 Å². The average molecular weight is 219 g/mol. The number of hydrogen-bond acceptors (Lipinski definition) is 3. The Morgan fingerprint density at radius 2 is 2.29 bits per heavy atom. The van der Waals surface area contributed by atoms with Crippen LogP contribution in [0.15, 0.2) is 0 Å². The fourth-order valence-corrected chi connectivity index (χ4v) is 2.07. The second kappa shape index (κ2) is 5.34. The van der Waals surface area contributed by atoms with Crippen molar-refractivity contribution in [1.29, 1.82) is 0 Å². The van der Waals surface area contributed by atoms with Crippen LogP contribution in [0, 0.1) is 0 Å². The first kappa shape index (κ1) is 11.5. The maximum Gasteiger partial charge on any atom is 0.410 e. The zero-order valence-electron chi connectivity index (χ0n) is 8.69. The summed E-state index contributed by atoms with van der Waals surface area (Å²) in [5, 5.41) is 0. The van der Waals surface area contributed by atoms with E-state index in [-0.39, 0.29) is 12.2 Å². The molecule has 4 nitrogen and oxygen atoms in total. The van der Waals surface area contributed by atoms with Crippen LogP contribution in [0.4, 0.5) is 4.79 Å². The second-order valence-electron chi connectivity index (χ2n) is 3.62. The maximum atomic E-state index is 11.2. The zero-order valence-corrected chi connectivity index (χ0v) is 9.51. The molecule has 0 aromatic heterocycles. The fraction of sp³-hybridized carbons (Fsp3) is 0.889. The van der Waals surface area contributed by atoms with Gasteiger partial charge in [-0.3, -0.25) is 4.21 Å². The van der Waals surface area contributed by atoms with Crippen molar-refractivity contribution in [2.24, 2.45) is 0 Å². The van der Waals surface area contributed by atoms with Gasteiger partial charge >= 0.3 is 6.09 Å². The summed E-state index contributed by atoms with van der Waals surface area (Å²) < 4.78 is 15.7. The number of rotatable bonds is 5. The summed E-state index contributed by atoms with van der Waals surface area (Å²) in [4.78, 5) is 12.9. The third-order valence-electron chi connectivity index (χ3n) is 2.15. The summed E-state index contributed by atoms with van der Waals surface area (Å²) in [6.07, 6.45) is 3.31. The molecule has 82 valence electrons. The largest absolute Gasteiger partial charge is 0.445 e. The number of carbonyl (C=O) groups is 1. The molecule has 14 heavy (non-hydrogen) atoms. The Hall–Kier alpha value is -0.580. The molecule has 1 aliphatic heterocycles. The molecule has 1 fully saturated rings. The number of nitrogens with zero attached hydrogens (tertiary/aromatic N) is 1. The number of carbonyl (C=O) groups excluding carboxylic acids is 1. The Labute approximate surface area is 87.1 Å². The monoisotopic (exact) mass is 219 g/mol. The molecule has 0 saturated carbocycles. The lowest BCUT2D eigenvalue weighted by Crippen LogP contribution is -2.26. The van der Waals surface area contributed by atoms with E-state index in [1.165, 1.54) is 0 Å². The van der Waals surface area contributed by atoms with Gasteiger partial charge in [-0.25, -0.2) is 4.79 Å². The van der Waals surface area contributed by atoms with Gasteiger partial charge in [-0.2, -0.15) is 0 Å². The molecule has 1 rings (SSSR count). The van der Waals surface area contributed by atoms with Crippen LogP contribution >= 0.6 is 0 Å². The average Bonchev–Trinajstić information content (AvgIpc) is 2.39. The van der Waals surface area contributed by atoms with E-state index in [2.05, 4.69) is 0 Å². The first-order valence-corrected chi connectivity index (χ1v) is 6.58. The van der Waals surface area contributed by atoms with Gasteiger partial charge in [0.1, 0.15) is 6.10 Å². The van der Waals surface area contributed by atoms with E-state index in [0.29, 0.717) is 6.54 Å². The van der Waals surface area contributed by atoms with E-state index in [9.17, 15) is 9.00 Å². The van der Waals surface area contributed by atoms with Crippen LogP contribution in [0.2, 0.25) is 0 Å². The Morgan fingerprint density at radius 3 is 2.79 bits per heavy atom. The highest BCUT2D eigenvalue weighted by atomic mass is 32.2. The molecule has 2 atom stereocenters. The number of unbranched alkanes of at least 4 members (excludes halogenated alkanes) is 1. The van der Waals surface area contributed by atoms with Crippen LogP contribution in [0.3, 0.4) is 0 Å². The van der Waals surface area contributed by atoms with Gasteiger partial charge in [-0.15, -0.1) is 0 Å².